The summed E-state index contributed by atoms with van der Waals surface area (Å²) in [5, 5.41) is 17.2. The number of amidine groups is 2. The molecule has 0 aliphatic heterocycles. The standard InChI is InChI=1S/C20H20N6/c21-19(22)11-1-5-17-13(7-11)9-15(25-17)3-4-16-10-14-8-12(20(23)24)2-6-18(14)26-16/h1-2,5-10,25-26H,3-4H2,(H3,21,22)(H3,23,24). The SMILES string of the molecule is N=C(N)c1ccc2[nH]c(CCc3cc4cc(C(=N)N)ccc4[nH]3)cc2c1. The van der Waals surface area contributed by atoms with Crippen molar-refractivity contribution in [1.82, 2.24) is 9.97 Å². The fourth-order valence-corrected chi connectivity index (χ4v) is 3.26. The van der Waals surface area contributed by atoms with Gasteiger partial charge in [0, 0.05) is 44.3 Å². The van der Waals surface area contributed by atoms with Gasteiger partial charge in [-0.05, 0) is 61.4 Å². The molecule has 0 saturated heterocycles. The van der Waals surface area contributed by atoms with Crippen LogP contribution in [-0.2, 0) is 12.8 Å². The molecule has 6 heteroatoms. The quantitative estimate of drug-likeness (QED) is 0.245. The summed E-state index contributed by atoms with van der Waals surface area (Å²) in [5.41, 5.74) is 17.0. The molecule has 0 saturated carbocycles. The number of H-pyrrole nitrogens is 2. The lowest BCUT2D eigenvalue weighted by molar-refractivity contribution is 0.905. The molecule has 8 N–H and O–H groups in total. The Morgan fingerprint density at radius 3 is 1.50 bits per heavy atom. The molecule has 26 heavy (non-hydrogen) atoms. The van der Waals surface area contributed by atoms with Crippen LogP contribution >= 0.6 is 0 Å². The average Bonchev–Trinajstić information content (AvgIpc) is 3.21. The zero-order valence-corrected chi connectivity index (χ0v) is 14.2. The summed E-state index contributed by atoms with van der Waals surface area (Å²) < 4.78 is 0. The first-order valence-corrected chi connectivity index (χ1v) is 8.42. The molecule has 0 aliphatic rings. The van der Waals surface area contributed by atoms with Gasteiger partial charge in [-0.15, -0.1) is 0 Å². The summed E-state index contributed by atoms with van der Waals surface area (Å²) in [5.74, 6) is 0.162. The van der Waals surface area contributed by atoms with Crippen molar-refractivity contribution < 1.29 is 0 Å². The molecule has 0 atom stereocenters. The molecular weight excluding hydrogens is 324 g/mol. The van der Waals surface area contributed by atoms with Crippen molar-refractivity contribution >= 4 is 33.5 Å². The summed E-state index contributed by atoms with van der Waals surface area (Å²) >= 11 is 0. The van der Waals surface area contributed by atoms with Crippen LogP contribution in [0.1, 0.15) is 22.5 Å². The highest BCUT2D eigenvalue weighted by Crippen LogP contribution is 2.21. The van der Waals surface area contributed by atoms with Crippen LogP contribution in [0.15, 0.2) is 48.5 Å². The predicted molar refractivity (Wildman–Crippen MR) is 106 cm³/mol. The van der Waals surface area contributed by atoms with E-state index in [0.717, 1.165) is 57.2 Å². The number of hydrogen-bond donors (Lipinski definition) is 6. The molecular formula is C20H20N6. The molecule has 0 bridgehead atoms. The highest BCUT2D eigenvalue weighted by molar-refractivity contribution is 5.99. The van der Waals surface area contributed by atoms with E-state index in [0.29, 0.717) is 0 Å². The van der Waals surface area contributed by atoms with Crippen LogP contribution in [0.3, 0.4) is 0 Å². The van der Waals surface area contributed by atoms with E-state index in [2.05, 4.69) is 22.1 Å². The number of rotatable bonds is 5. The van der Waals surface area contributed by atoms with Crippen molar-refractivity contribution in [2.45, 2.75) is 12.8 Å². The van der Waals surface area contributed by atoms with Crippen molar-refractivity contribution in [2.75, 3.05) is 0 Å². The van der Waals surface area contributed by atoms with E-state index in [1.165, 1.54) is 0 Å². The number of aryl methyl sites for hydroxylation is 2. The maximum Gasteiger partial charge on any atom is 0.122 e. The molecule has 0 fully saturated rings. The third-order valence-electron chi connectivity index (χ3n) is 4.64. The van der Waals surface area contributed by atoms with Gasteiger partial charge in [0.05, 0.1) is 0 Å². The van der Waals surface area contributed by atoms with Crippen LogP contribution in [-0.4, -0.2) is 21.6 Å². The largest absolute Gasteiger partial charge is 0.384 e. The van der Waals surface area contributed by atoms with Gasteiger partial charge in [-0.25, -0.2) is 0 Å². The fraction of sp³-hybridized carbons (Fsp3) is 0.100. The Morgan fingerprint density at radius 2 is 1.12 bits per heavy atom. The number of nitrogens with one attached hydrogen (secondary N) is 4. The molecule has 6 nitrogen and oxygen atoms in total. The second-order valence-electron chi connectivity index (χ2n) is 6.52. The highest BCUT2D eigenvalue weighted by Gasteiger charge is 2.07. The van der Waals surface area contributed by atoms with Gasteiger partial charge < -0.3 is 21.4 Å². The van der Waals surface area contributed by atoms with E-state index < -0.39 is 0 Å². The van der Waals surface area contributed by atoms with Crippen molar-refractivity contribution in [1.29, 1.82) is 10.8 Å². The third kappa shape index (κ3) is 2.93. The summed E-state index contributed by atoms with van der Waals surface area (Å²) in [6.07, 6.45) is 1.74. The highest BCUT2D eigenvalue weighted by atomic mass is 14.7. The molecule has 2 aromatic heterocycles. The molecule has 2 heterocycles. The molecule has 4 aromatic rings. The lowest BCUT2D eigenvalue weighted by Gasteiger charge is -1.97. The molecule has 0 amide bonds. The Kier molecular flexibility index (Phi) is 3.73. The molecule has 130 valence electrons. The van der Waals surface area contributed by atoms with Gasteiger partial charge in [0.1, 0.15) is 11.7 Å². The first-order chi connectivity index (χ1) is 12.5. The van der Waals surface area contributed by atoms with E-state index in [4.69, 9.17) is 22.3 Å². The molecule has 2 aromatic carbocycles. The van der Waals surface area contributed by atoms with Gasteiger partial charge >= 0.3 is 0 Å². The topological polar surface area (TPSA) is 131 Å². The molecule has 0 radical (unpaired) electrons. The Bertz CT molecular complexity index is 1060. The van der Waals surface area contributed by atoms with Crippen molar-refractivity contribution in [3.05, 3.63) is 71.0 Å². The lowest BCUT2D eigenvalue weighted by Crippen LogP contribution is -2.10. The van der Waals surface area contributed by atoms with E-state index in [1.54, 1.807) is 0 Å². The van der Waals surface area contributed by atoms with Gasteiger partial charge in [-0.1, -0.05) is 0 Å². The van der Waals surface area contributed by atoms with Crippen molar-refractivity contribution in [2.24, 2.45) is 11.5 Å². The fourth-order valence-electron chi connectivity index (χ4n) is 3.26. The van der Waals surface area contributed by atoms with Crippen LogP contribution in [0.2, 0.25) is 0 Å². The van der Waals surface area contributed by atoms with Gasteiger partial charge in [0.25, 0.3) is 0 Å². The minimum Gasteiger partial charge on any atom is -0.384 e. The Labute approximate surface area is 150 Å². The monoisotopic (exact) mass is 344 g/mol. The number of nitrogen functional groups attached to an aromatic ring is 2. The maximum atomic E-state index is 7.55. The Balaban J connectivity index is 1.54. The minimum absolute atomic E-state index is 0.0812. The second-order valence-corrected chi connectivity index (χ2v) is 6.52. The molecule has 4 rings (SSSR count). The van der Waals surface area contributed by atoms with Crippen LogP contribution in [0.4, 0.5) is 0 Å². The van der Waals surface area contributed by atoms with Gasteiger partial charge in [-0.2, -0.15) is 0 Å². The minimum atomic E-state index is 0.0812. The molecule has 0 unspecified atom stereocenters. The van der Waals surface area contributed by atoms with Gasteiger partial charge in [0.2, 0.25) is 0 Å². The third-order valence-corrected chi connectivity index (χ3v) is 4.64. The smallest absolute Gasteiger partial charge is 0.122 e. The number of benzene rings is 2. The molecule has 0 aliphatic carbocycles. The van der Waals surface area contributed by atoms with Crippen LogP contribution in [0.25, 0.3) is 21.8 Å². The summed E-state index contributed by atoms with van der Waals surface area (Å²) in [7, 11) is 0. The number of aromatic nitrogens is 2. The van der Waals surface area contributed by atoms with Crippen LogP contribution in [0, 0.1) is 10.8 Å². The first kappa shape index (κ1) is 16.0. The lowest BCUT2D eigenvalue weighted by atomic mass is 10.1. The second kappa shape index (κ2) is 6.07. The van der Waals surface area contributed by atoms with E-state index in [9.17, 15) is 0 Å². The first-order valence-electron chi connectivity index (χ1n) is 8.42. The van der Waals surface area contributed by atoms with Gasteiger partial charge in [-0.3, -0.25) is 10.8 Å². The summed E-state index contributed by atoms with van der Waals surface area (Å²) in [6.45, 7) is 0. The van der Waals surface area contributed by atoms with E-state index in [1.807, 2.05) is 36.4 Å². The summed E-state index contributed by atoms with van der Waals surface area (Å²) in [4.78, 5) is 6.84. The maximum absolute atomic E-state index is 7.55. The zero-order chi connectivity index (χ0) is 18.3. The van der Waals surface area contributed by atoms with Gasteiger partial charge in [0.15, 0.2) is 0 Å². The van der Waals surface area contributed by atoms with E-state index >= 15 is 0 Å². The number of nitrogens with two attached hydrogens (primary N) is 2. The van der Waals surface area contributed by atoms with Crippen molar-refractivity contribution in [3.63, 3.8) is 0 Å². The zero-order valence-electron chi connectivity index (χ0n) is 14.2. The van der Waals surface area contributed by atoms with Crippen LogP contribution < -0.4 is 11.5 Å². The van der Waals surface area contributed by atoms with E-state index in [-0.39, 0.29) is 11.7 Å². The van der Waals surface area contributed by atoms with Crippen molar-refractivity contribution in [3.8, 4) is 0 Å². The summed E-state index contributed by atoms with van der Waals surface area (Å²) in [6, 6.07) is 15.7. The number of fused-ring (bicyclic) bond motifs is 2. The Hall–Kier alpha value is -3.54. The Morgan fingerprint density at radius 1 is 0.692 bits per heavy atom. The average molecular weight is 344 g/mol. The number of hydrogen-bond acceptors (Lipinski definition) is 2. The predicted octanol–water partition coefficient (Wildman–Crippen LogP) is 3.00. The van der Waals surface area contributed by atoms with Crippen LogP contribution in [0.5, 0.6) is 0 Å². The number of aromatic amines is 2. The molecule has 0 spiro atoms. The normalized spacial score (nSPS) is 11.2.